The van der Waals surface area contributed by atoms with Crippen molar-refractivity contribution in [3.8, 4) is 11.5 Å². The number of thiazole rings is 1. The third-order valence-corrected chi connectivity index (χ3v) is 4.12. The zero-order chi connectivity index (χ0) is 16.2. The Hall–Kier alpha value is -2.15. The van der Waals surface area contributed by atoms with Crippen molar-refractivity contribution in [2.45, 2.75) is 20.5 Å². The first-order chi connectivity index (χ1) is 11.1. The van der Waals surface area contributed by atoms with E-state index in [9.17, 15) is 5.11 Å². The number of rotatable bonds is 5. The van der Waals surface area contributed by atoms with Crippen LogP contribution in [0.4, 0.5) is 10.9 Å². The second kappa shape index (κ2) is 8.10. The van der Waals surface area contributed by atoms with E-state index in [1.54, 1.807) is 12.3 Å². The highest BCUT2D eigenvalue weighted by atomic mass is 35.5. The van der Waals surface area contributed by atoms with Crippen molar-refractivity contribution < 1.29 is 9.84 Å². The maximum Gasteiger partial charge on any atom is 0.188 e. The van der Waals surface area contributed by atoms with Gasteiger partial charge in [0.1, 0.15) is 17.3 Å². The average Bonchev–Trinajstić information content (AvgIpc) is 2.95. The summed E-state index contributed by atoms with van der Waals surface area (Å²) < 4.78 is 5.93. The van der Waals surface area contributed by atoms with Crippen LogP contribution < -0.4 is 10.1 Å². The Kier molecular flexibility index (Phi) is 6.14. The van der Waals surface area contributed by atoms with Crippen LogP contribution in [0.1, 0.15) is 16.8 Å². The number of aliphatic hydroxyl groups excluding tert-OH is 1. The Morgan fingerprint density at radius 2 is 2.04 bits per heavy atom. The van der Waals surface area contributed by atoms with E-state index < -0.39 is 0 Å². The number of pyridine rings is 1. The Bertz CT molecular complexity index is 823. The molecule has 0 saturated carbocycles. The first kappa shape index (κ1) is 18.2. The molecule has 3 aromatic rings. The molecule has 0 saturated heterocycles. The molecule has 0 radical (unpaired) electrons. The number of hydrogen-bond acceptors (Lipinski definition) is 6. The van der Waals surface area contributed by atoms with Gasteiger partial charge in [0.05, 0.1) is 12.3 Å². The molecular formula is C17H18ClN3O2S. The first-order valence-electron chi connectivity index (χ1n) is 7.17. The minimum Gasteiger partial charge on any atom is -0.457 e. The Labute approximate surface area is 150 Å². The SMILES string of the molecule is Cc1csc(Nc2cc(Oc3cc(CO)ccc3C)ccn2)n1.Cl. The van der Waals surface area contributed by atoms with Crippen LogP contribution in [-0.2, 0) is 6.61 Å². The van der Waals surface area contributed by atoms with E-state index in [0.717, 1.165) is 27.7 Å². The van der Waals surface area contributed by atoms with Crippen molar-refractivity contribution in [3.05, 3.63) is 58.7 Å². The number of halogens is 1. The van der Waals surface area contributed by atoms with Gasteiger partial charge in [-0.05, 0) is 37.1 Å². The third-order valence-electron chi connectivity index (χ3n) is 3.25. The van der Waals surface area contributed by atoms with Gasteiger partial charge in [-0.3, -0.25) is 0 Å². The highest BCUT2D eigenvalue weighted by Gasteiger charge is 2.06. The fourth-order valence-corrected chi connectivity index (χ4v) is 2.74. The van der Waals surface area contributed by atoms with Gasteiger partial charge >= 0.3 is 0 Å². The smallest absolute Gasteiger partial charge is 0.188 e. The second-order valence-corrected chi connectivity index (χ2v) is 6.01. The minimum absolute atomic E-state index is 0. The van der Waals surface area contributed by atoms with Gasteiger partial charge in [0.2, 0.25) is 0 Å². The van der Waals surface area contributed by atoms with E-state index in [0.29, 0.717) is 11.6 Å². The van der Waals surface area contributed by atoms with E-state index in [1.807, 2.05) is 43.5 Å². The van der Waals surface area contributed by atoms with Gasteiger partial charge in [0, 0.05) is 17.6 Å². The van der Waals surface area contributed by atoms with E-state index in [-0.39, 0.29) is 19.0 Å². The van der Waals surface area contributed by atoms with Gasteiger partial charge in [-0.15, -0.1) is 23.7 Å². The first-order valence-corrected chi connectivity index (χ1v) is 8.05. The molecule has 1 aromatic carbocycles. The number of anilines is 2. The zero-order valence-electron chi connectivity index (χ0n) is 13.3. The van der Waals surface area contributed by atoms with Crippen molar-refractivity contribution in [2.75, 3.05) is 5.32 Å². The molecule has 0 aliphatic heterocycles. The summed E-state index contributed by atoms with van der Waals surface area (Å²) >= 11 is 1.53. The quantitative estimate of drug-likeness (QED) is 0.693. The fourth-order valence-electron chi connectivity index (χ4n) is 2.04. The predicted octanol–water partition coefficient (Wildman–Crippen LogP) is 4.60. The number of hydrogen-bond donors (Lipinski definition) is 2. The van der Waals surface area contributed by atoms with Crippen molar-refractivity contribution in [1.29, 1.82) is 0 Å². The normalized spacial score (nSPS) is 10.1. The molecule has 7 heteroatoms. The molecule has 0 aliphatic rings. The molecule has 2 N–H and O–H groups in total. The van der Waals surface area contributed by atoms with Crippen LogP contribution in [0.2, 0.25) is 0 Å². The summed E-state index contributed by atoms with van der Waals surface area (Å²) in [5.41, 5.74) is 2.79. The predicted molar refractivity (Wildman–Crippen MR) is 98.8 cm³/mol. The van der Waals surface area contributed by atoms with Gasteiger partial charge in [0.15, 0.2) is 5.13 Å². The van der Waals surface area contributed by atoms with Gasteiger partial charge in [-0.1, -0.05) is 12.1 Å². The van der Waals surface area contributed by atoms with E-state index in [1.165, 1.54) is 11.3 Å². The molecule has 0 aliphatic carbocycles. The summed E-state index contributed by atoms with van der Waals surface area (Å²) in [6.07, 6.45) is 1.68. The summed E-state index contributed by atoms with van der Waals surface area (Å²) in [7, 11) is 0. The van der Waals surface area contributed by atoms with Crippen LogP contribution in [0, 0.1) is 13.8 Å². The molecule has 0 atom stereocenters. The van der Waals surface area contributed by atoms with Crippen LogP contribution in [-0.4, -0.2) is 15.1 Å². The maximum atomic E-state index is 9.25. The summed E-state index contributed by atoms with van der Waals surface area (Å²) in [5.74, 6) is 2.07. The molecule has 24 heavy (non-hydrogen) atoms. The second-order valence-electron chi connectivity index (χ2n) is 5.16. The standard InChI is InChI=1S/C17H17N3O2S.ClH/c1-11-3-4-13(9-21)7-15(11)22-14-5-6-18-16(8-14)20-17-19-12(2)10-23-17;/h3-8,10,21H,9H2,1-2H3,(H,18,19,20);1H. The van der Waals surface area contributed by atoms with Crippen LogP contribution in [0.3, 0.4) is 0 Å². The van der Waals surface area contributed by atoms with Crippen LogP contribution in [0.15, 0.2) is 41.9 Å². The van der Waals surface area contributed by atoms with Crippen LogP contribution >= 0.6 is 23.7 Å². The Morgan fingerprint density at radius 3 is 2.75 bits per heavy atom. The van der Waals surface area contributed by atoms with E-state index in [4.69, 9.17) is 4.74 Å². The number of aryl methyl sites for hydroxylation is 2. The molecule has 2 heterocycles. The molecule has 0 amide bonds. The van der Waals surface area contributed by atoms with Crippen LogP contribution in [0.25, 0.3) is 0 Å². The molecular weight excluding hydrogens is 346 g/mol. The molecule has 0 spiro atoms. The molecule has 126 valence electrons. The van der Waals surface area contributed by atoms with E-state index >= 15 is 0 Å². The van der Waals surface area contributed by atoms with Crippen molar-refractivity contribution in [3.63, 3.8) is 0 Å². The van der Waals surface area contributed by atoms with Crippen LogP contribution in [0.5, 0.6) is 11.5 Å². The lowest BCUT2D eigenvalue weighted by molar-refractivity contribution is 0.281. The van der Waals surface area contributed by atoms with Gasteiger partial charge in [0.25, 0.3) is 0 Å². The van der Waals surface area contributed by atoms with Crippen molar-refractivity contribution in [2.24, 2.45) is 0 Å². The largest absolute Gasteiger partial charge is 0.457 e. The lowest BCUT2D eigenvalue weighted by Gasteiger charge is -2.11. The highest BCUT2D eigenvalue weighted by Crippen LogP contribution is 2.28. The molecule has 0 unspecified atom stereocenters. The third kappa shape index (κ3) is 4.44. The van der Waals surface area contributed by atoms with Crippen molar-refractivity contribution >= 4 is 34.7 Å². The van der Waals surface area contributed by atoms with Gasteiger partial charge in [-0.25, -0.2) is 9.97 Å². The molecule has 2 aromatic heterocycles. The number of ether oxygens (including phenoxy) is 1. The average molecular weight is 364 g/mol. The minimum atomic E-state index is -0.0107. The Morgan fingerprint density at radius 1 is 1.21 bits per heavy atom. The molecule has 3 rings (SSSR count). The number of nitrogens with zero attached hydrogens (tertiary/aromatic N) is 2. The van der Waals surface area contributed by atoms with Crippen molar-refractivity contribution in [1.82, 2.24) is 9.97 Å². The Balaban J connectivity index is 0.00000208. The highest BCUT2D eigenvalue weighted by molar-refractivity contribution is 7.13. The lowest BCUT2D eigenvalue weighted by atomic mass is 10.1. The number of nitrogens with one attached hydrogen (secondary N) is 1. The maximum absolute atomic E-state index is 9.25. The lowest BCUT2D eigenvalue weighted by Crippen LogP contribution is -1.95. The molecule has 5 nitrogen and oxygen atoms in total. The number of aromatic nitrogens is 2. The molecule has 0 fully saturated rings. The topological polar surface area (TPSA) is 67.3 Å². The van der Waals surface area contributed by atoms with Gasteiger partial charge in [-0.2, -0.15) is 0 Å². The summed E-state index contributed by atoms with van der Waals surface area (Å²) in [6, 6.07) is 9.27. The summed E-state index contributed by atoms with van der Waals surface area (Å²) in [4.78, 5) is 8.63. The number of aliphatic hydroxyl groups is 1. The molecule has 0 bridgehead atoms. The van der Waals surface area contributed by atoms with Gasteiger partial charge < -0.3 is 15.2 Å². The zero-order valence-corrected chi connectivity index (χ0v) is 14.9. The fraction of sp³-hybridized carbons (Fsp3) is 0.176. The number of benzene rings is 1. The summed E-state index contributed by atoms with van der Waals surface area (Å²) in [5, 5.41) is 15.2. The monoisotopic (exact) mass is 363 g/mol. The summed E-state index contributed by atoms with van der Waals surface area (Å²) in [6.45, 7) is 3.91. The van der Waals surface area contributed by atoms with E-state index in [2.05, 4.69) is 15.3 Å².